The van der Waals surface area contributed by atoms with Crippen LogP contribution >= 0.6 is 23.2 Å². The summed E-state index contributed by atoms with van der Waals surface area (Å²) in [6.45, 7) is 1.60. The Morgan fingerprint density at radius 2 is 1.75 bits per heavy atom. The lowest BCUT2D eigenvalue weighted by molar-refractivity contribution is -0.145. The van der Waals surface area contributed by atoms with Crippen LogP contribution in [0.25, 0.3) is 0 Å². The average Bonchev–Trinajstić information content (AvgIpc) is 2.56. The van der Waals surface area contributed by atoms with Crippen LogP contribution in [0.4, 0.5) is 0 Å². The summed E-state index contributed by atoms with van der Waals surface area (Å²) in [7, 11) is 0. The number of aromatic hydroxyl groups is 1. The summed E-state index contributed by atoms with van der Waals surface area (Å²) in [5, 5.41) is 9.76. The van der Waals surface area contributed by atoms with Crippen molar-refractivity contribution in [1.29, 1.82) is 0 Å². The van der Waals surface area contributed by atoms with Crippen molar-refractivity contribution in [2.75, 3.05) is 13.2 Å². The summed E-state index contributed by atoms with van der Waals surface area (Å²) in [5.74, 6) is -1.02. The third kappa shape index (κ3) is 3.99. The largest absolute Gasteiger partial charge is 0.507 e. The number of rotatable bonds is 6. The zero-order valence-electron chi connectivity index (χ0n) is 12.7. The Bertz CT molecular complexity index is 774. The minimum atomic E-state index is -0.543. The van der Waals surface area contributed by atoms with Gasteiger partial charge in [-0.25, -0.2) is 4.79 Å². The zero-order chi connectivity index (χ0) is 17.7. The molecule has 0 aliphatic heterocycles. The number of carbonyl (C=O) groups is 2. The van der Waals surface area contributed by atoms with Gasteiger partial charge in [0.1, 0.15) is 16.5 Å². The zero-order valence-corrected chi connectivity index (χ0v) is 14.2. The summed E-state index contributed by atoms with van der Waals surface area (Å²) in [6.07, 6.45) is 0. The van der Waals surface area contributed by atoms with Gasteiger partial charge in [0.05, 0.1) is 17.2 Å². The molecule has 0 amide bonds. The smallest absolute Gasteiger partial charge is 0.344 e. The molecule has 0 aromatic heterocycles. The van der Waals surface area contributed by atoms with Crippen LogP contribution in [0.3, 0.4) is 0 Å². The van der Waals surface area contributed by atoms with Crippen molar-refractivity contribution in [3.05, 3.63) is 57.6 Å². The van der Waals surface area contributed by atoms with Crippen LogP contribution in [-0.4, -0.2) is 30.1 Å². The molecule has 24 heavy (non-hydrogen) atoms. The second-order valence-corrected chi connectivity index (χ2v) is 5.44. The van der Waals surface area contributed by atoms with E-state index < -0.39 is 11.8 Å². The molecular formula is C17H14Cl2O5. The summed E-state index contributed by atoms with van der Waals surface area (Å²) in [6, 6.07) is 8.96. The first-order chi connectivity index (χ1) is 11.5. The van der Waals surface area contributed by atoms with Crippen LogP contribution in [0.5, 0.6) is 11.5 Å². The Kier molecular flexibility index (Phi) is 6.06. The maximum atomic E-state index is 12.5. The SMILES string of the molecule is CCOC(=O)COc1ccc(C(=O)c2ccccc2O)c(Cl)c1Cl. The number of halogens is 2. The Labute approximate surface area is 148 Å². The molecule has 2 aromatic carbocycles. The molecule has 0 unspecified atom stereocenters. The van der Waals surface area contributed by atoms with Crippen LogP contribution < -0.4 is 4.74 Å². The number of hydrogen-bond donors (Lipinski definition) is 1. The molecule has 0 fully saturated rings. The molecule has 5 nitrogen and oxygen atoms in total. The predicted molar refractivity (Wildman–Crippen MR) is 90.1 cm³/mol. The van der Waals surface area contributed by atoms with E-state index in [9.17, 15) is 14.7 Å². The van der Waals surface area contributed by atoms with Gasteiger partial charge in [0.2, 0.25) is 0 Å². The highest BCUT2D eigenvalue weighted by Gasteiger charge is 2.20. The van der Waals surface area contributed by atoms with Gasteiger partial charge < -0.3 is 14.6 Å². The first kappa shape index (κ1) is 18.1. The Balaban J connectivity index is 2.25. The summed E-state index contributed by atoms with van der Waals surface area (Å²) >= 11 is 12.2. The lowest BCUT2D eigenvalue weighted by Crippen LogP contribution is -2.15. The number of carbonyl (C=O) groups excluding carboxylic acids is 2. The Morgan fingerprint density at radius 3 is 2.42 bits per heavy atom. The maximum Gasteiger partial charge on any atom is 0.344 e. The Morgan fingerprint density at radius 1 is 1.04 bits per heavy atom. The molecule has 0 aliphatic carbocycles. The molecule has 126 valence electrons. The number of ether oxygens (including phenoxy) is 2. The third-order valence-electron chi connectivity index (χ3n) is 3.09. The fourth-order valence-electron chi connectivity index (χ4n) is 1.97. The number of benzene rings is 2. The molecule has 0 aliphatic rings. The van der Waals surface area contributed by atoms with E-state index in [1.807, 2.05) is 0 Å². The van der Waals surface area contributed by atoms with Gasteiger partial charge >= 0.3 is 5.97 Å². The normalized spacial score (nSPS) is 10.3. The van der Waals surface area contributed by atoms with Crippen LogP contribution in [0, 0.1) is 0 Å². The topological polar surface area (TPSA) is 72.8 Å². The number of ketones is 1. The van der Waals surface area contributed by atoms with Crippen molar-refractivity contribution in [2.24, 2.45) is 0 Å². The molecular weight excluding hydrogens is 355 g/mol. The number of para-hydroxylation sites is 1. The van der Waals surface area contributed by atoms with Gasteiger partial charge in [-0.3, -0.25) is 4.79 Å². The van der Waals surface area contributed by atoms with E-state index in [2.05, 4.69) is 0 Å². The van der Waals surface area contributed by atoms with Crippen LogP contribution in [0.15, 0.2) is 36.4 Å². The molecule has 1 N–H and O–H groups in total. The molecule has 0 spiro atoms. The van der Waals surface area contributed by atoms with Gasteiger partial charge in [0.15, 0.2) is 12.4 Å². The lowest BCUT2D eigenvalue weighted by Gasteiger charge is -2.11. The quantitative estimate of drug-likeness (QED) is 0.618. The molecule has 0 heterocycles. The highest BCUT2D eigenvalue weighted by atomic mass is 35.5. The van der Waals surface area contributed by atoms with Gasteiger partial charge in [-0.1, -0.05) is 35.3 Å². The number of hydrogen-bond acceptors (Lipinski definition) is 5. The molecule has 0 saturated carbocycles. The molecule has 7 heteroatoms. The average molecular weight is 369 g/mol. The molecule has 2 aromatic rings. The first-order valence-electron chi connectivity index (χ1n) is 7.04. The summed E-state index contributed by atoms with van der Waals surface area (Å²) in [5.41, 5.74) is 0.224. The van der Waals surface area contributed by atoms with Crippen LogP contribution in [0.1, 0.15) is 22.8 Å². The van der Waals surface area contributed by atoms with Crippen molar-refractivity contribution in [3.63, 3.8) is 0 Å². The molecule has 0 radical (unpaired) electrons. The van der Waals surface area contributed by atoms with E-state index >= 15 is 0 Å². The second-order valence-electron chi connectivity index (χ2n) is 4.68. The van der Waals surface area contributed by atoms with Crippen LogP contribution in [0.2, 0.25) is 10.0 Å². The van der Waals surface area contributed by atoms with Crippen molar-refractivity contribution >= 4 is 35.0 Å². The monoisotopic (exact) mass is 368 g/mol. The molecule has 2 rings (SSSR count). The number of phenolic OH excluding ortho intramolecular Hbond substituents is 1. The maximum absolute atomic E-state index is 12.5. The fourth-order valence-corrected chi connectivity index (χ4v) is 2.43. The van der Waals surface area contributed by atoms with Gasteiger partial charge in [-0.2, -0.15) is 0 Å². The van der Waals surface area contributed by atoms with Crippen molar-refractivity contribution in [1.82, 2.24) is 0 Å². The highest BCUT2D eigenvalue weighted by Crippen LogP contribution is 2.36. The minimum Gasteiger partial charge on any atom is -0.507 e. The minimum absolute atomic E-state index is 0.00207. The summed E-state index contributed by atoms with van der Waals surface area (Å²) < 4.78 is 9.99. The van der Waals surface area contributed by atoms with E-state index in [0.29, 0.717) is 0 Å². The van der Waals surface area contributed by atoms with E-state index in [1.54, 1.807) is 19.1 Å². The lowest BCUT2D eigenvalue weighted by atomic mass is 10.0. The first-order valence-corrected chi connectivity index (χ1v) is 7.80. The second kappa shape index (κ2) is 8.04. The van der Waals surface area contributed by atoms with E-state index in [-0.39, 0.29) is 45.9 Å². The van der Waals surface area contributed by atoms with Crippen molar-refractivity contribution in [3.8, 4) is 11.5 Å². The number of phenols is 1. The Hall–Kier alpha value is -2.24. The van der Waals surface area contributed by atoms with Gasteiger partial charge in [0.25, 0.3) is 0 Å². The molecule has 0 atom stereocenters. The molecule has 0 saturated heterocycles. The van der Waals surface area contributed by atoms with Crippen LogP contribution in [-0.2, 0) is 9.53 Å². The van der Waals surface area contributed by atoms with E-state index in [4.69, 9.17) is 32.7 Å². The fraction of sp³-hybridized carbons (Fsp3) is 0.176. The standard InChI is InChI=1S/C17H14Cl2O5/c1-2-23-14(21)9-24-13-8-7-11(15(18)16(13)19)17(22)10-5-3-4-6-12(10)20/h3-8,20H,2,9H2,1H3. The van der Waals surface area contributed by atoms with Crippen molar-refractivity contribution < 1.29 is 24.2 Å². The number of esters is 1. The summed E-state index contributed by atoms with van der Waals surface area (Å²) in [4.78, 5) is 23.8. The van der Waals surface area contributed by atoms with Gasteiger partial charge in [0, 0.05) is 5.56 Å². The third-order valence-corrected chi connectivity index (χ3v) is 3.96. The molecule has 0 bridgehead atoms. The van der Waals surface area contributed by atoms with E-state index in [1.165, 1.54) is 24.3 Å². The van der Waals surface area contributed by atoms with Gasteiger partial charge in [-0.15, -0.1) is 0 Å². The van der Waals surface area contributed by atoms with E-state index in [0.717, 1.165) is 0 Å². The van der Waals surface area contributed by atoms with Crippen molar-refractivity contribution in [2.45, 2.75) is 6.92 Å². The predicted octanol–water partition coefficient (Wildman–Crippen LogP) is 3.87. The van der Waals surface area contributed by atoms with Gasteiger partial charge in [-0.05, 0) is 31.2 Å². The highest BCUT2D eigenvalue weighted by molar-refractivity contribution is 6.45.